The van der Waals surface area contributed by atoms with Gasteiger partial charge in [0.2, 0.25) is 5.92 Å². The lowest BCUT2D eigenvalue weighted by Gasteiger charge is -2.36. The lowest BCUT2D eigenvalue weighted by atomic mass is 9.86. The van der Waals surface area contributed by atoms with Gasteiger partial charge in [-0.1, -0.05) is 0 Å². The summed E-state index contributed by atoms with van der Waals surface area (Å²) in [5.41, 5.74) is 4.27. The number of allylic oxidation sites excluding steroid dienone is 1. The molecule has 0 amide bonds. The summed E-state index contributed by atoms with van der Waals surface area (Å²) in [5, 5.41) is 3.42. The third kappa shape index (κ3) is 4.16. The van der Waals surface area contributed by atoms with Crippen molar-refractivity contribution < 1.29 is 17.2 Å². The first kappa shape index (κ1) is 22.4. The Labute approximate surface area is 192 Å². The molecule has 1 N–H and O–H groups in total. The highest BCUT2D eigenvalue weighted by Gasteiger charge is 2.40. The molecule has 33 heavy (non-hydrogen) atoms. The number of nitrogens with one attached hydrogen (secondary N) is 1. The molecule has 1 atom stereocenters. The third-order valence-corrected chi connectivity index (χ3v) is 8.09. The van der Waals surface area contributed by atoms with Crippen LogP contribution < -0.4 is 10.9 Å². The Balaban J connectivity index is 1.59. The molecule has 5 rings (SSSR count). The molecule has 0 aromatic carbocycles. The van der Waals surface area contributed by atoms with Gasteiger partial charge in [0.05, 0.1) is 23.1 Å². The molecule has 0 radical (unpaired) electrons. The van der Waals surface area contributed by atoms with Gasteiger partial charge < -0.3 is 14.8 Å². The molecule has 6 nitrogen and oxygen atoms in total. The SMILES string of the molecule is Cn1ccc2c(c1=O)C1=C3C(=CN(CC4CCC(F)(F)CC4)C3CCN1)C=C2CS(C)(=O)=O. The Bertz CT molecular complexity index is 1250. The highest BCUT2D eigenvalue weighted by atomic mass is 32.2. The monoisotopic (exact) mass is 477 g/mol. The number of hydrogen-bond donors (Lipinski definition) is 1. The van der Waals surface area contributed by atoms with Gasteiger partial charge in [-0.2, -0.15) is 0 Å². The van der Waals surface area contributed by atoms with E-state index in [1.807, 2.05) is 18.3 Å². The van der Waals surface area contributed by atoms with Crippen molar-refractivity contribution in [2.24, 2.45) is 13.0 Å². The maximum absolute atomic E-state index is 13.6. The summed E-state index contributed by atoms with van der Waals surface area (Å²) < 4.78 is 53.3. The number of nitrogens with zero attached hydrogens (tertiary/aromatic N) is 2. The highest BCUT2D eigenvalue weighted by Crippen LogP contribution is 2.44. The summed E-state index contributed by atoms with van der Waals surface area (Å²) in [4.78, 5) is 15.5. The van der Waals surface area contributed by atoms with Crippen LogP contribution in [-0.4, -0.2) is 54.9 Å². The zero-order valence-electron chi connectivity index (χ0n) is 18.9. The van der Waals surface area contributed by atoms with Crippen LogP contribution in [0.3, 0.4) is 0 Å². The fourth-order valence-corrected chi connectivity index (χ4v) is 6.45. The quantitative estimate of drug-likeness (QED) is 0.722. The van der Waals surface area contributed by atoms with Crippen LogP contribution in [0.2, 0.25) is 0 Å². The van der Waals surface area contributed by atoms with E-state index in [9.17, 15) is 22.0 Å². The smallest absolute Gasteiger partial charge is 0.260 e. The maximum Gasteiger partial charge on any atom is 0.260 e. The Morgan fingerprint density at radius 1 is 1.21 bits per heavy atom. The molecule has 1 fully saturated rings. The van der Waals surface area contributed by atoms with Crippen molar-refractivity contribution in [2.45, 2.75) is 44.1 Å². The summed E-state index contributed by atoms with van der Waals surface area (Å²) in [5.74, 6) is -2.51. The van der Waals surface area contributed by atoms with Crippen LogP contribution in [0.25, 0.3) is 11.3 Å². The lowest BCUT2D eigenvalue weighted by molar-refractivity contribution is -0.0481. The van der Waals surface area contributed by atoms with Gasteiger partial charge in [0, 0.05) is 57.2 Å². The van der Waals surface area contributed by atoms with Crippen molar-refractivity contribution in [1.29, 1.82) is 0 Å². The van der Waals surface area contributed by atoms with Gasteiger partial charge in [-0.3, -0.25) is 4.79 Å². The minimum atomic E-state index is -3.33. The Hall–Kier alpha value is -2.42. The van der Waals surface area contributed by atoms with Gasteiger partial charge >= 0.3 is 0 Å². The summed E-state index contributed by atoms with van der Waals surface area (Å²) in [6.07, 6.45) is 8.51. The fourth-order valence-electron chi connectivity index (χ4n) is 5.65. The van der Waals surface area contributed by atoms with E-state index in [0.717, 1.165) is 23.3 Å². The van der Waals surface area contributed by atoms with E-state index in [-0.39, 0.29) is 36.1 Å². The molecule has 0 bridgehead atoms. The van der Waals surface area contributed by atoms with Crippen molar-refractivity contribution in [3.63, 3.8) is 0 Å². The predicted octanol–water partition coefficient (Wildman–Crippen LogP) is 2.92. The fraction of sp³-hybridized carbons (Fsp3) is 0.542. The Kier molecular flexibility index (Phi) is 5.30. The van der Waals surface area contributed by atoms with Gasteiger partial charge in [-0.05, 0) is 54.0 Å². The minimum absolute atomic E-state index is 0.0466. The number of halogens is 2. The number of hydrogen-bond acceptors (Lipinski definition) is 5. The van der Waals surface area contributed by atoms with Gasteiger partial charge in [0.1, 0.15) is 0 Å². The summed E-state index contributed by atoms with van der Waals surface area (Å²) >= 11 is 0. The molecule has 1 aromatic heterocycles. The zero-order chi connectivity index (χ0) is 23.5. The lowest BCUT2D eigenvalue weighted by Crippen LogP contribution is -2.41. The Morgan fingerprint density at radius 3 is 2.64 bits per heavy atom. The average molecular weight is 478 g/mol. The van der Waals surface area contributed by atoms with E-state index < -0.39 is 15.8 Å². The topological polar surface area (TPSA) is 71.4 Å². The van der Waals surface area contributed by atoms with Crippen LogP contribution in [-0.2, 0) is 16.9 Å². The van der Waals surface area contributed by atoms with Crippen LogP contribution >= 0.6 is 0 Å². The van der Waals surface area contributed by atoms with Gasteiger partial charge in [-0.15, -0.1) is 0 Å². The van der Waals surface area contributed by atoms with Crippen LogP contribution in [0.1, 0.15) is 43.2 Å². The molecule has 2 aliphatic carbocycles. The average Bonchev–Trinajstić information content (AvgIpc) is 3.01. The van der Waals surface area contributed by atoms with Gasteiger partial charge in [0.15, 0.2) is 9.84 Å². The second-order valence-electron chi connectivity index (χ2n) is 9.86. The van der Waals surface area contributed by atoms with Crippen molar-refractivity contribution in [3.05, 3.63) is 57.2 Å². The predicted molar refractivity (Wildman–Crippen MR) is 124 cm³/mol. The van der Waals surface area contributed by atoms with Gasteiger partial charge in [-0.25, -0.2) is 17.2 Å². The standard InChI is InChI=1S/C24H29F2N3O3S/c1-28-10-6-18-17(14-33(2,31)32)11-16-13-29(12-15-3-7-24(25,26)8-4-15)19-5-9-27-22(20(16)19)21(18)23(28)30/h6,10-11,13,15,19,27H,3-5,7-9,12,14H2,1-2H3. The molecule has 1 unspecified atom stereocenters. The number of pyridine rings is 1. The highest BCUT2D eigenvalue weighted by molar-refractivity contribution is 7.91. The van der Waals surface area contributed by atoms with Crippen LogP contribution in [0.5, 0.6) is 0 Å². The number of aromatic nitrogens is 1. The number of aryl methyl sites for hydroxylation is 1. The molecule has 4 aliphatic rings. The molecule has 0 spiro atoms. The van der Waals surface area contributed by atoms with E-state index in [0.29, 0.717) is 42.6 Å². The molecule has 2 aliphatic heterocycles. The second kappa shape index (κ2) is 7.82. The first-order valence-electron chi connectivity index (χ1n) is 11.4. The molecular weight excluding hydrogens is 448 g/mol. The van der Waals surface area contributed by atoms with Crippen LogP contribution in [0, 0.1) is 5.92 Å². The number of sulfone groups is 1. The number of rotatable bonds is 4. The number of fused-ring (bicyclic) bond motifs is 2. The molecule has 1 saturated carbocycles. The largest absolute Gasteiger partial charge is 0.384 e. The molecule has 3 heterocycles. The van der Waals surface area contributed by atoms with Crippen molar-refractivity contribution >= 4 is 21.1 Å². The second-order valence-corrected chi connectivity index (χ2v) is 12.0. The molecule has 0 saturated heterocycles. The normalized spacial score (nSPS) is 24.5. The van der Waals surface area contributed by atoms with E-state index in [1.165, 1.54) is 10.8 Å². The minimum Gasteiger partial charge on any atom is -0.384 e. The zero-order valence-corrected chi connectivity index (χ0v) is 19.7. The van der Waals surface area contributed by atoms with E-state index in [2.05, 4.69) is 10.2 Å². The van der Waals surface area contributed by atoms with Crippen molar-refractivity contribution in [1.82, 2.24) is 14.8 Å². The first-order chi connectivity index (χ1) is 15.5. The van der Waals surface area contributed by atoms with Crippen molar-refractivity contribution in [3.8, 4) is 0 Å². The summed E-state index contributed by atoms with van der Waals surface area (Å²) in [6.45, 7) is 1.37. The van der Waals surface area contributed by atoms with Crippen molar-refractivity contribution in [2.75, 3.05) is 25.1 Å². The van der Waals surface area contributed by atoms with E-state index in [4.69, 9.17) is 0 Å². The van der Waals surface area contributed by atoms with Gasteiger partial charge in [0.25, 0.3) is 5.56 Å². The molecule has 9 heteroatoms. The third-order valence-electron chi connectivity index (χ3n) is 7.26. The van der Waals surface area contributed by atoms with Crippen LogP contribution in [0.4, 0.5) is 8.78 Å². The summed E-state index contributed by atoms with van der Waals surface area (Å²) in [6, 6.07) is 1.86. The first-order valence-corrected chi connectivity index (χ1v) is 13.5. The molecule has 178 valence electrons. The molecular formula is C24H29F2N3O3S. The van der Waals surface area contributed by atoms with E-state index >= 15 is 0 Å². The molecule has 1 aromatic rings. The maximum atomic E-state index is 13.6. The Morgan fingerprint density at radius 2 is 1.94 bits per heavy atom. The van der Waals surface area contributed by atoms with E-state index in [1.54, 1.807) is 13.2 Å². The number of alkyl halides is 2. The van der Waals surface area contributed by atoms with Crippen LogP contribution in [0.15, 0.2) is 40.5 Å². The summed E-state index contributed by atoms with van der Waals surface area (Å²) in [7, 11) is -1.64.